The fraction of sp³-hybridized carbons (Fsp3) is 0.250. The van der Waals surface area contributed by atoms with Crippen LogP contribution >= 0.6 is 11.6 Å². The third kappa shape index (κ3) is 8.25. The number of amides is 1. The molecular weight excluding hydrogens is 756 g/mol. The summed E-state index contributed by atoms with van der Waals surface area (Å²) in [5.74, 6) is -0.816. The molecule has 0 aliphatic carbocycles. The Morgan fingerprint density at radius 3 is 2.45 bits per heavy atom. The van der Waals surface area contributed by atoms with Crippen LogP contribution in [0.15, 0.2) is 89.9 Å². The summed E-state index contributed by atoms with van der Waals surface area (Å²) in [7, 11) is 3.64. The molecule has 0 bridgehead atoms. The van der Waals surface area contributed by atoms with Gasteiger partial charge in [0.05, 0.1) is 46.4 Å². The van der Waals surface area contributed by atoms with Crippen LogP contribution in [0.3, 0.4) is 0 Å². The summed E-state index contributed by atoms with van der Waals surface area (Å²) >= 11 is 6.30. The minimum atomic E-state index is -4.70. The number of carbonyl (C=O) groups excluding carboxylic acids is 1. The number of rotatable bonds is 11. The number of aromatic nitrogens is 3. The Morgan fingerprint density at radius 1 is 0.911 bits per heavy atom. The number of halogens is 5. The molecule has 4 aromatic carbocycles. The summed E-state index contributed by atoms with van der Waals surface area (Å²) in [5, 5.41) is 7.00. The highest BCUT2D eigenvalue weighted by molar-refractivity contribution is 6.32. The van der Waals surface area contributed by atoms with E-state index in [9.17, 15) is 22.8 Å². The Morgan fingerprint density at radius 2 is 1.70 bits per heavy atom. The molecule has 1 amide bonds. The van der Waals surface area contributed by atoms with Gasteiger partial charge in [0.15, 0.2) is 28.8 Å². The van der Waals surface area contributed by atoms with Crippen LogP contribution in [0.1, 0.15) is 22.5 Å². The zero-order chi connectivity index (χ0) is 39.6. The van der Waals surface area contributed by atoms with Gasteiger partial charge in [-0.15, -0.1) is 0 Å². The molecule has 1 N–H and O–H groups in total. The molecule has 0 spiro atoms. The minimum absolute atomic E-state index is 0.00263. The van der Waals surface area contributed by atoms with Crippen LogP contribution < -0.4 is 25.0 Å². The zero-order valence-corrected chi connectivity index (χ0v) is 31.0. The van der Waals surface area contributed by atoms with Crippen molar-refractivity contribution in [2.24, 2.45) is 0 Å². The second-order valence-electron chi connectivity index (χ2n) is 13.1. The number of pyridine rings is 1. The van der Waals surface area contributed by atoms with E-state index >= 15 is 4.39 Å². The lowest BCUT2D eigenvalue weighted by molar-refractivity contribution is -0.137. The van der Waals surface area contributed by atoms with Crippen molar-refractivity contribution in [3.63, 3.8) is 0 Å². The van der Waals surface area contributed by atoms with Crippen molar-refractivity contribution >= 4 is 45.0 Å². The predicted molar refractivity (Wildman–Crippen MR) is 204 cm³/mol. The highest BCUT2D eigenvalue weighted by Crippen LogP contribution is 2.38. The van der Waals surface area contributed by atoms with Crippen molar-refractivity contribution < 1.29 is 36.6 Å². The van der Waals surface area contributed by atoms with Crippen LogP contribution in [0.4, 0.5) is 23.2 Å². The molecule has 7 rings (SSSR count). The number of hydrogen-bond acceptors (Lipinski definition) is 9. The summed E-state index contributed by atoms with van der Waals surface area (Å²) in [6, 6.07) is 17.2. The maximum Gasteiger partial charge on any atom is 0.416 e. The molecule has 0 unspecified atom stereocenters. The van der Waals surface area contributed by atoms with Gasteiger partial charge in [0.1, 0.15) is 5.75 Å². The normalized spacial score (nSPS) is 13.9. The van der Waals surface area contributed by atoms with Gasteiger partial charge in [-0.1, -0.05) is 23.7 Å². The van der Waals surface area contributed by atoms with E-state index in [1.165, 1.54) is 43.6 Å². The van der Waals surface area contributed by atoms with Crippen molar-refractivity contribution in [3.8, 4) is 28.7 Å². The number of ether oxygens (including phenoxy) is 3. The molecule has 290 valence electrons. The average molecular weight is 791 g/mol. The second kappa shape index (κ2) is 16.1. The first kappa shape index (κ1) is 38.5. The molecule has 1 aliphatic rings. The van der Waals surface area contributed by atoms with Crippen molar-refractivity contribution in [1.29, 1.82) is 0 Å². The van der Waals surface area contributed by atoms with Crippen LogP contribution in [0.25, 0.3) is 27.5 Å². The van der Waals surface area contributed by atoms with E-state index in [-0.39, 0.29) is 38.8 Å². The molecule has 2 aromatic heterocycles. The van der Waals surface area contributed by atoms with Crippen LogP contribution in [-0.4, -0.2) is 84.0 Å². The Labute approximate surface area is 323 Å². The number of nitrogens with zero attached hydrogens (tertiary/aromatic N) is 5. The maximum absolute atomic E-state index is 15.5. The second-order valence-corrected chi connectivity index (χ2v) is 13.6. The zero-order valence-electron chi connectivity index (χ0n) is 30.2. The quantitative estimate of drug-likeness (QED) is 0.104. The average Bonchev–Trinajstić information content (AvgIpc) is 3.18. The van der Waals surface area contributed by atoms with E-state index in [0.29, 0.717) is 29.0 Å². The number of hydrogen-bond donors (Lipinski definition) is 1. The molecular formula is C40H35ClF4N6O5. The van der Waals surface area contributed by atoms with Gasteiger partial charge in [-0.25, -0.2) is 9.07 Å². The standard InChI is InChI=1S/C40H35ClF4N6O5/c1-49-15-17-50(18-16-49)14-5-19-55-36-23-30-27(22-35(36)54-2)33(12-13-46-30)56-34-11-9-25(21-29(34)42)47-39(53)37-38(52)26-6-3-4-7-31(26)51(48-37)32-20-24(40(43,44)45)8-10-28(32)41/h3-4,6-13,20-23H,5,14-19H2,1-2H3,(H,47,53). The Bertz CT molecular complexity index is 2490. The number of piperazine rings is 1. The largest absolute Gasteiger partial charge is 0.493 e. The molecule has 6 aromatic rings. The van der Waals surface area contributed by atoms with E-state index in [4.69, 9.17) is 25.8 Å². The SMILES string of the molecule is COc1cc2c(Oc3ccc(NC(=O)c4nn(-c5cc(C(F)(F)F)ccc5Cl)c5ccccc5c4=O)cc3F)ccnc2cc1OCCCN1CCN(C)CC1. The first-order valence-electron chi connectivity index (χ1n) is 17.6. The third-order valence-electron chi connectivity index (χ3n) is 9.38. The maximum atomic E-state index is 15.5. The van der Waals surface area contributed by atoms with Gasteiger partial charge in [-0.3, -0.25) is 14.6 Å². The number of methoxy groups -OCH3 is 1. The van der Waals surface area contributed by atoms with Gasteiger partial charge in [0.2, 0.25) is 5.43 Å². The Balaban J connectivity index is 1.09. The number of alkyl halides is 3. The van der Waals surface area contributed by atoms with E-state index in [1.807, 2.05) is 0 Å². The van der Waals surface area contributed by atoms with Gasteiger partial charge in [0.25, 0.3) is 5.91 Å². The highest BCUT2D eigenvalue weighted by Gasteiger charge is 2.32. The van der Waals surface area contributed by atoms with Crippen LogP contribution in [0, 0.1) is 5.82 Å². The lowest BCUT2D eigenvalue weighted by atomic mass is 10.1. The van der Waals surface area contributed by atoms with E-state index in [0.717, 1.165) is 68.1 Å². The van der Waals surface area contributed by atoms with Crippen molar-refractivity contribution in [3.05, 3.63) is 117 Å². The molecule has 0 atom stereocenters. The number of benzene rings is 4. The van der Waals surface area contributed by atoms with Crippen molar-refractivity contribution in [1.82, 2.24) is 24.6 Å². The summed E-state index contributed by atoms with van der Waals surface area (Å²) in [6.07, 6.45) is -2.35. The number of carbonyl (C=O) groups is 1. The molecule has 3 heterocycles. The minimum Gasteiger partial charge on any atom is -0.493 e. The van der Waals surface area contributed by atoms with E-state index in [2.05, 4.69) is 32.2 Å². The molecule has 0 radical (unpaired) electrons. The van der Waals surface area contributed by atoms with Crippen molar-refractivity contribution in [2.75, 3.05) is 58.8 Å². The van der Waals surface area contributed by atoms with Crippen LogP contribution in [0.2, 0.25) is 5.02 Å². The van der Waals surface area contributed by atoms with Gasteiger partial charge < -0.3 is 29.3 Å². The first-order chi connectivity index (χ1) is 26.9. The topological polar surface area (TPSA) is 111 Å². The summed E-state index contributed by atoms with van der Waals surface area (Å²) in [5.41, 5.74) is -2.07. The van der Waals surface area contributed by atoms with Gasteiger partial charge in [-0.2, -0.15) is 18.3 Å². The smallest absolute Gasteiger partial charge is 0.416 e. The fourth-order valence-corrected chi connectivity index (χ4v) is 6.56. The molecule has 1 aliphatic heterocycles. The summed E-state index contributed by atoms with van der Waals surface area (Å²) in [4.78, 5) is 36.1. The fourth-order valence-electron chi connectivity index (χ4n) is 6.36. The third-order valence-corrected chi connectivity index (χ3v) is 9.70. The molecule has 1 saturated heterocycles. The van der Waals surface area contributed by atoms with Crippen molar-refractivity contribution in [2.45, 2.75) is 12.6 Å². The number of likely N-dealkylation sites (N-methyl/N-ethyl adjacent to an activating group) is 1. The Hall–Kier alpha value is -5.77. The predicted octanol–water partition coefficient (Wildman–Crippen LogP) is 7.81. The van der Waals surface area contributed by atoms with Gasteiger partial charge in [0, 0.05) is 62.1 Å². The van der Waals surface area contributed by atoms with Gasteiger partial charge >= 0.3 is 6.18 Å². The number of anilines is 1. The summed E-state index contributed by atoms with van der Waals surface area (Å²) in [6.45, 7) is 5.54. The molecule has 1 fully saturated rings. The summed E-state index contributed by atoms with van der Waals surface area (Å²) < 4.78 is 75.0. The lowest BCUT2D eigenvalue weighted by Gasteiger charge is -2.32. The molecule has 56 heavy (non-hydrogen) atoms. The van der Waals surface area contributed by atoms with Crippen LogP contribution in [-0.2, 0) is 6.18 Å². The Kier molecular flexibility index (Phi) is 11.1. The number of fused-ring (bicyclic) bond motifs is 2. The van der Waals surface area contributed by atoms with E-state index in [1.54, 1.807) is 24.3 Å². The monoisotopic (exact) mass is 790 g/mol. The number of nitrogens with one attached hydrogen (secondary N) is 1. The molecule has 0 saturated carbocycles. The highest BCUT2D eigenvalue weighted by atomic mass is 35.5. The molecule has 16 heteroatoms. The number of para-hydroxylation sites is 1. The van der Waals surface area contributed by atoms with Crippen LogP contribution in [0.5, 0.6) is 23.0 Å². The van der Waals surface area contributed by atoms with Gasteiger partial charge in [-0.05, 0) is 68.1 Å². The van der Waals surface area contributed by atoms with E-state index < -0.39 is 34.6 Å². The molecule has 11 nitrogen and oxygen atoms in total. The lowest BCUT2D eigenvalue weighted by Crippen LogP contribution is -2.44. The first-order valence-corrected chi connectivity index (χ1v) is 18.0.